The molecule has 19 heavy (non-hydrogen) atoms. The van der Waals surface area contributed by atoms with Crippen LogP contribution in [0, 0.1) is 0 Å². The van der Waals surface area contributed by atoms with Crippen LogP contribution in [0.1, 0.15) is 20.3 Å². The summed E-state index contributed by atoms with van der Waals surface area (Å²) >= 11 is 0. The number of carbonyl (C=O) groups is 1. The summed E-state index contributed by atoms with van der Waals surface area (Å²) in [5, 5.41) is 2.48. The highest BCUT2D eigenvalue weighted by Crippen LogP contribution is 2.37. The zero-order valence-electron chi connectivity index (χ0n) is 10.9. The van der Waals surface area contributed by atoms with Gasteiger partial charge in [-0.25, -0.2) is 0 Å². The summed E-state index contributed by atoms with van der Waals surface area (Å²) in [4.78, 5) is 29.8. The summed E-state index contributed by atoms with van der Waals surface area (Å²) < 4.78 is 16.4. The highest BCUT2D eigenvalue weighted by atomic mass is 31.2. The van der Waals surface area contributed by atoms with E-state index in [-0.39, 0.29) is 29.6 Å². The second-order valence-corrected chi connectivity index (χ2v) is 5.75. The number of hydrogen-bond donors (Lipinski definition) is 3. The lowest BCUT2D eigenvalue weighted by molar-refractivity contribution is -0.123. The number of carbonyl (C=O) groups excluding carboxylic acids is 1. The predicted octanol–water partition coefficient (Wildman–Crippen LogP) is 0.783. The summed E-state index contributed by atoms with van der Waals surface area (Å²) in [6.07, 6.45) is 0.796. The summed E-state index contributed by atoms with van der Waals surface area (Å²) in [5.74, 6) is -0.301. The number of ether oxygens (including phenoxy) is 1. The first-order chi connectivity index (χ1) is 8.84. The van der Waals surface area contributed by atoms with Crippen LogP contribution >= 0.6 is 7.60 Å². The Morgan fingerprint density at radius 2 is 2.05 bits per heavy atom. The molecule has 6 nitrogen and oxygen atoms in total. The van der Waals surface area contributed by atoms with Gasteiger partial charge < -0.3 is 19.8 Å². The SMILES string of the molecule is CCC(C)NC(=O)COc1ccccc1P(=O)(O)O. The molecule has 7 heteroatoms. The molecule has 0 aliphatic rings. The van der Waals surface area contributed by atoms with Crippen LogP contribution in [0.4, 0.5) is 0 Å². The minimum Gasteiger partial charge on any atom is -0.483 e. The molecular formula is C12H18NO5P. The Labute approximate surface area is 111 Å². The van der Waals surface area contributed by atoms with Crippen LogP contribution in [0.15, 0.2) is 24.3 Å². The van der Waals surface area contributed by atoms with Gasteiger partial charge in [0.1, 0.15) is 11.1 Å². The van der Waals surface area contributed by atoms with E-state index < -0.39 is 7.60 Å². The van der Waals surface area contributed by atoms with Crippen molar-refractivity contribution in [2.45, 2.75) is 26.3 Å². The molecule has 0 heterocycles. The van der Waals surface area contributed by atoms with E-state index in [1.165, 1.54) is 18.2 Å². The van der Waals surface area contributed by atoms with Crippen LogP contribution in [-0.2, 0) is 9.36 Å². The zero-order valence-corrected chi connectivity index (χ0v) is 11.8. The molecule has 1 amide bonds. The van der Waals surface area contributed by atoms with Gasteiger partial charge in [-0.3, -0.25) is 9.36 Å². The van der Waals surface area contributed by atoms with Crippen molar-refractivity contribution >= 4 is 18.8 Å². The van der Waals surface area contributed by atoms with Gasteiger partial charge in [-0.1, -0.05) is 19.1 Å². The maximum atomic E-state index is 11.5. The quantitative estimate of drug-likeness (QED) is 0.672. The lowest BCUT2D eigenvalue weighted by atomic mass is 10.2. The third kappa shape index (κ3) is 5.03. The molecule has 3 N–H and O–H groups in total. The van der Waals surface area contributed by atoms with Crippen molar-refractivity contribution < 1.29 is 23.9 Å². The first-order valence-corrected chi connectivity index (χ1v) is 7.53. The maximum absolute atomic E-state index is 11.5. The highest BCUT2D eigenvalue weighted by molar-refractivity contribution is 7.60. The lowest BCUT2D eigenvalue weighted by Crippen LogP contribution is -2.36. The second-order valence-electron chi connectivity index (χ2n) is 4.18. The molecule has 1 aromatic carbocycles. The number of amides is 1. The normalized spacial score (nSPS) is 12.8. The van der Waals surface area contributed by atoms with E-state index in [0.29, 0.717) is 0 Å². The summed E-state index contributed by atoms with van der Waals surface area (Å²) in [7, 11) is -4.41. The fourth-order valence-corrected chi connectivity index (χ4v) is 2.09. The minimum absolute atomic E-state index is 0.0233. The fourth-order valence-electron chi connectivity index (χ4n) is 1.38. The summed E-state index contributed by atoms with van der Waals surface area (Å²) in [6, 6.07) is 5.82. The van der Waals surface area contributed by atoms with Crippen molar-refractivity contribution in [3.05, 3.63) is 24.3 Å². The van der Waals surface area contributed by atoms with Crippen LogP contribution in [0.25, 0.3) is 0 Å². The third-order valence-electron chi connectivity index (χ3n) is 2.56. The van der Waals surface area contributed by atoms with Gasteiger partial charge in [-0.15, -0.1) is 0 Å². The topological polar surface area (TPSA) is 95.9 Å². The van der Waals surface area contributed by atoms with Gasteiger partial charge in [0.25, 0.3) is 5.91 Å². The largest absolute Gasteiger partial charge is 0.483 e. The van der Waals surface area contributed by atoms with Crippen LogP contribution in [0.3, 0.4) is 0 Å². The van der Waals surface area contributed by atoms with Crippen molar-refractivity contribution in [3.8, 4) is 5.75 Å². The molecule has 106 valence electrons. The molecule has 0 aromatic heterocycles. The molecule has 0 aliphatic carbocycles. The van der Waals surface area contributed by atoms with Crippen LogP contribution in [-0.4, -0.2) is 28.3 Å². The minimum atomic E-state index is -4.41. The Morgan fingerprint density at radius 1 is 1.42 bits per heavy atom. The molecule has 0 fully saturated rings. The van der Waals surface area contributed by atoms with Crippen molar-refractivity contribution in [3.63, 3.8) is 0 Å². The molecule has 0 radical (unpaired) electrons. The van der Waals surface area contributed by atoms with Crippen molar-refractivity contribution in [1.82, 2.24) is 5.32 Å². The Kier molecular flexibility index (Phi) is 5.54. The van der Waals surface area contributed by atoms with E-state index in [1.807, 2.05) is 13.8 Å². The molecular weight excluding hydrogens is 269 g/mol. The van der Waals surface area contributed by atoms with E-state index in [2.05, 4.69) is 5.32 Å². The van der Waals surface area contributed by atoms with Gasteiger partial charge in [0.15, 0.2) is 6.61 Å². The standard InChI is InChI=1S/C12H18NO5P/c1-3-9(2)13-12(14)8-18-10-6-4-5-7-11(10)19(15,16)17/h4-7,9H,3,8H2,1-2H3,(H,13,14)(H2,15,16,17). The fraction of sp³-hybridized carbons (Fsp3) is 0.417. The summed E-state index contributed by atoms with van der Waals surface area (Å²) in [5.41, 5.74) is 0. The van der Waals surface area contributed by atoms with Crippen molar-refractivity contribution in [2.24, 2.45) is 0 Å². The number of benzene rings is 1. The average Bonchev–Trinajstić information content (AvgIpc) is 2.35. The second kappa shape index (κ2) is 6.70. The smallest absolute Gasteiger partial charge is 0.359 e. The van der Waals surface area contributed by atoms with E-state index >= 15 is 0 Å². The average molecular weight is 287 g/mol. The van der Waals surface area contributed by atoms with Crippen molar-refractivity contribution in [2.75, 3.05) is 6.61 Å². The molecule has 0 spiro atoms. The monoisotopic (exact) mass is 287 g/mol. The van der Waals surface area contributed by atoms with Crippen molar-refractivity contribution in [1.29, 1.82) is 0 Å². The molecule has 0 saturated heterocycles. The zero-order chi connectivity index (χ0) is 14.5. The first-order valence-electron chi connectivity index (χ1n) is 5.92. The van der Waals surface area contributed by atoms with Gasteiger partial charge in [0.05, 0.1) is 0 Å². The van der Waals surface area contributed by atoms with Gasteiger partial charge >= 0.3 is 7.60 Å². The number of nitrogens with one attached hydrogen (secondary N) is 1. The van der Waals surface area contributed by atoms with E-state index in [0.717, 1.165) is 6.42 Å². The van der Waals surface area contributed by atoms with Gasteiger partial charge in [0.2, 0.25) is 0 Å². The Hall–Kier alpha value is -1.36. The Morgan fingerprint density at radius 3 is 2.63 bits per heavy atom. The highest BCUT2D eigenvalue weighted by Gasteiger charge is 2.22. The van der Waals surface area contributed by atoms with Gasteiger partial charge in [-0.2, -0.15) is 0 Å². The molecule has 1 rings (SSSR count). The first kappa shape index (κ1) is 15.7. The van der Waals surface area contributed by atoms with Gasteiger partial charge in [0, 0.05) is 6.04 Å². The molecule has 1 aromatic rings. The molecule has 1 atom stereocenters. The van der Waals surface area contributed by atoms with E-state index in [9.17, 15) is 9.36 Å². The summed E-state index contributed by atoms with van der Waals surface area (Å²) in [6.45, 7) is 3.53. The number of rotatable bonds is 6. The van der Waals surface area contributed by atoms with Gasteiger partial charge in [-0.05, 0) is 25.5 Å². The van der Waals surface area contributed by atoms with Crippen LogP contribution in [0.5, 0.6) is 5.75 Å². The van der Waals surface area contributed by atoms with Crippen LogP contribution in [0.2, 0.25) is 0 Å². The maximum Gasteiger partial charge on any atom is 0.359 e. The van der Waals surface area contributed by atoms with E-state index in [4.69, 9.17) is 14.5 Å². The molecule has 1 unspecified atom stereocenters. The molecule has 0 bridgehead atoms. The number of hydrogen-bond acceptors (Lipinski definition) is 3. The molecule has 0 aliphatic heterocycles. The number of para-hydroxylation sites is 1. The van der Waals surface area contributed by atoms with Crippen LogP contribution < -0.4 is 15.4 Å². The third-order valence-corrected chi connectivity index (χ3v) is 3.55. The Balaban J connectivity index is 2.69. The lowest BCUT2D eigenvalue weighted by Gasteiger charge is -2.14. The Bertz CT molecular complexity index is 485. The van der Waals surface area contributed by atoms with E-state index in [1.54, 1.807) is 6.07 Å². The predicted molar refractivity (Wildman–Crippen MR) is 71.5 cm³/mol. The molecule has 0 saturated carbocycles.